The van der Waals surface area contributed by atoms with E-state index in [1.807, 2.05) is 39.8 Å². The van der Waals surface area contributed by atoms with Crippen LogP contribution in [-0.4, -0.2) is 5.71 Å². The molecule has 0 saturated heterocycles. The average molecular weight is 137 g/mol. The summed E-state index contributed by atoms with van der Waals surface area (Å²) in [6, 6.07) is 0. The van der Waals surface area contributed by atoms with Crippen LogP contribution in [0.15, 0.2) is 23.3 Å². The fourth-order valence-corrected chi connectivity index (χ4v) is 0.671. The van der Waals surface area contributed by atoms with E-state index in [1.54, 1.807) is 0 Å². The van der Waals surface area contributed by atoms with Crippen molar-refractivity contribution in [1.82, 2.24) is 0 Å². The first-order chi connectivity index (χ1) is 4.59. The van der Waals surface area contributed by atoms with Crippen LogP contribution < -0.4 is 0 Å². The van der Waals surface area contributed by atoms with Gasteiger partial charge in [-0.3, -0.25) is 0 Å². The largest absolute Gasteiger partial charge is 0.305 e. The summed E-state index contributed by atoms with van der Waals surface area (Å²) in [6.07, 6.45) is 4.01. The zero-order valence-corrected chi connectivity index (χ0v) is 7.15. The van der Waals surface area contributed by atoms with Crippen molar-refractivity contribution < 1.29 is 0 Å². The molecule has 1 nitrogen and oxygen atoms in total. The van der Waals surface area contributed by atoms with E-state index in [0.717, 1.165) is 5.57 Å². The van der Waals surface area contributed by atoms with Crippen LogP contribution in [0.2, 0.25) is 0 Å². The third-order valence-corrected chi connectivity index (χ3v) is 1.57. The van der Waals surface area contributed by atoms with Crippen molar-refractivity contribution in [3.05, 3.63) is 23.3 Å². The molecule has 1 heteroatoms. The van der Waals surface area contributed by atoms with E-state index in [2.05, 4.69) is 0 Å². The van der Waals surface area contributed by atoms with E-state index in [4.69, 9.17) is 5.41 Å². The van der Waals surface area contributed by atoms with Gasteiger partial charge in [-0.25, -0.2) is 0 Å². The Hall–Kier alpha value is -0.850. The predicted octanol–water partition coefficient (Wildman–Crippen LogP) is 2.94. The number of allylic oxidation sites excluding steroid dienone is 4. The minimum atomic E-state index is 0.649. The van der Waals surface area contributed by atoms with E-state index in [9.17, 15) is 0 Å². The third-order valence-electron chi connectivity index (χ3n) is 1.57. The smallest absolute Gasteiger partial charge is 0.0314 e. The van der Waals surface area contributed by atoms with Crippen LogP contribution in [0.5, 0.6) is 0 Å². The zero-order chi connectivity index (χ0) is 8.15. The second-order valence-corrected chi connectivity index (χ2v) is 2.43. The quantitative estimate of drug-likeness (QED) is 0.447. The van der Waals surface area contributed by atoms with Crippen molar-refractivity contribution in [3.63, 3.8) is 0 Å². The molecule has 0 aliphatic rings. The molecule has 0 saturated carbocycles. The Bertz CT molecular complexity index is 185. The molecule has 0 spiro atoms. The van der Waals surface area contributed by atoms with Crippen LogP contribution in [0, 0.1) is 5.41 Å². The second-order valence-electron chi connectivity index (χ2n) is 2.43. The van der Waals surface area contributed by atoms with Gasteiger partial charge in [-0.05, 0) is 38.8 Å². The highest BCUT2D eigenvalue weighted by atomic mass is 14.4. The van der Waals surface area contributed by atoms with Crippen molar-refractivity contribution in [2.45, 2.75) is 27.7 Å². The van der Waals surface area contributed by atoms with Crippen molar-refractivity contribution in [2.75, 3.05) is 0 Å². The molecule has 0 aliphatic carbocycles. The second kappa shape index (κ2) is 4.04. The first kappa shape index (κ1) is 9.15. The minimum absolute atomic E-state index is 0.649. The van der Waals surface area contributed by atoms with Gasteiger partial charge < -0.3 is 5.41 Å². The van der Waals surface area contributed by atoms with Gasteiger partial charge in [0, 0.05) is 5.71 Å². The molecule has 0 aliphatic heterocycles. The maximum atomic E-state index is 7.32. The summed E-state index contributed by atoms with van der Waals surface area (Å²) in [5, 5.41) is 7.32. The van der Waals surface area contributed by atoms with Gasteiger partial charge in [0.2, 0.25) is 0 Å². The summed E-state index contributed by atoms with van der Waals surface area (Å²) in [4.78, 5) is 0. The average Bonchev–Trinajstić information content (AvgIpc) is 1.87. The fraction of sp³-hybridized carbons (Fsp3) is 0.444. The Morgan fingerprint density at radius 3 is 2.00 bits per heavy atom. The molecule has 0 atom stereocenters. The topological polar surface area (TPSA) is 23.9 Å². The Labute approximate surface area is 63.0 Å². The molecule has 10 heavy (non-hydrogen) atoms. The standard InChI is InChI=1S/C9H15N/c1-5-6-7(2)8(3)9(4)10/h5-6,10H,1-4H3/b6-5+,8-7-,10-9?. The zero-order valence-electron chi connectivity index (χ0n) is 7.15. The van der Waals surface area contributed by atoms with Crippen LogP contribution in [0.3, 0.4) is 0 Å². The van der Waals surface area contributed by atoms with E-state index >= 15 is 0 Å². The van der Waals surface area contributed by atoms with Gasteiger partial charge in [0.25, 0.3) is 0 Å². The van der Waals surface area contributed by atoms with Crippen molar-refractivity contribution >= 4 is 5.71 Å². The summed E-state index contributed by atoms with van der Waals surface area (Å²) in [6.45, 7) is 7.78. The van der Waals surface area contributed by atoms with Gasteiger partial charge in [-0.1, -0.05) is 12.2 Å². The first-order valence-corrected chi connectivity index (χ1v) is 3.45. The van der Waals surface area contributed by atoms with Gasteiger partial charge in [0.1, 0.15) is 0 Å². The van der Waals surface area contributed by atoms with Crippen LogP contribution in [0.1, 0.15) is 27.7 Å². The summed E-state index contributed by atoms with van der Waals surface area (Å²) in [5.41, 5.74) is 2.89. The van der Waals surface area contributed by atoms with Gasteiger partial charge in [-0.15, -0.1) is 0 Å². The normalized spacial score (nSPS) is 13.6. The molecule has 0 aromatic carbocycles. The Balaban J connectivity index is 4.50. The van der Waals surface area contributed by atoms with E-state index in [1.165, 1.54) is 5.57 Å². The maximum absolute atomic E-state index is 7.32. The van der Waals surface area contributed by atoms with Gasteiger partial charge in [-0.2, -0.15) is 0 Å². The summed E-state index contributed by atoms with van der Waals surface area (Å²) < 4.78 is 0. The molecule has 0 rings (SSSR count). The number of hydrogen-bond acceptors (Lipinski definition) is 1. The molecule has 0 radical (unpaired) electrons. The van der Waals surface area contributed by atoms with E-state index in [0.29, 0.717) is 5.71 Å². The Kier molecular flexibility index (Phi) is 3.70. The highest BCUT2D eigenvalue weighted by molar-refractivity contribution is 5.96. The van der Waals surface area contributed by atoms with Crippen molar-refractivity contribution in [3.8, 4) is 0 Å². The lowest BCUT2D eigenvalue weighted by Crippen LogP contribution is -1.92. The number of rotatable bonds is 2. The third kappa shape index (κ3) is 2.62. The van der Waals surface area contributed by atoms with E-state index < -0.39 is 0 Å². The highest BCUT2D eigenvalue weighted by Gasteiger charge is 1.93. The van der Waals surface area contributed by atoms with Gasteiger partial charge >= 0.3 is 0 Å². The molecular formula is C9H15N. The molecule has 0 aromatic rings. The first-order valence-electron chi connectivity index (χ1n) is 3.45. The number of nitrogens with one attached hydrogen (secondary N) is 1. The SMILES string of the molecule is C/C=C/C(C)=C(/C)C(C)=N. The summed E-state index contributed by atoms with van der Waals surface area (Å²) in [5.74, 6) is 0. The van der Waals surface area contributed by atoms with E-state index in [-0.39, 0.29) is 0 Å². The van der Waals surface area contributed by atoms with Crippen molar-refractivity contribution in [1.29, 1.82) is 5.41 Å². The van der Waals surface area contributed by atoms with Gasteiger partial charge in [0.05, 0.1) is 0 Å². The van der Waals surface area contributed by atoms with Crippen molar-refractivity contribution in [2.24, 2.45) is 0 Å². The van der Waals surface area contributed by atoms with Crippen LogP contribution in [0.4, 0.5) is 0 Å². The molecule has 1 N–H and O–H groups in total. The molecule has 0 aromatic heterocycles. The van der Waals surface area contributed by atoms with Crippen LogP contribution in [0.25, 0.3) is 0 Å². The lowest BCUT2D eigenvalue weighted by molar-refractivity contribution is 1.35. The Morgan fingerprint density at radius 1 is 1.20 bits per heavy atom. The molecule has 0 heterocycles. The summed E-state index contributed by atoms with van der Waals surface area (Å²) >= 11 is 0. The molecule has 0 bridgehead atoms. The lowest BCUT2D eigenvalue weighted by Gasteiger charge is -1.99. The number of hydrogen-bond donors (Lipinski definition) is 1. The molecule has 0 amide bonds. The van der Waals surface area contributed by atoms with Crippen LogP contribution >= 0.6 is 0 Å². The minimum Gasteiger partial charge on any atom is -0.305 e. The molecular weight excluding hydrogens is 122 g/mol. The van der Waals surface area contributed by atoms with Crippen LogP contribution in [-0.2, 0) is 0 Å². The monoisotopic (exact) mass is 137 g/mol. The fourth-order valence-electron chi connectivity index (χ4n) is 0.671. The summed E-state index contributed by atoms with van der Waals surface area (Å²) in [7, 11) is 0. The maximum Gasteiger partial charge on any atom is 0.0314 e. The highest BCUT2D eigenvalue weighted by Crippen LogP contribution is 2.05. The molecule has 56 valence electrons. The molecule has 0 fully saturated rings. The Morgan fingerprint density at radius 2 is 1.70 bits per heavy atom. The van der Waals surface area contributed by atoms with Gasteiger partial charge in [0.15, 0.2) is 0 Å². The lowest BCUT2D eigenvalue weighted by atomic mass is 10.1. The predicted molar refractivity (Wildman–Crippen MR) is 46.6 cm³/mol. The molecule has 0 unspecified atom stereocenters.